The van der Waals surface area contributed by atoms with Gasteiger partial charge in [-0.2, -0.15) is 0 Å². The summed E-state index contributed by atoms with van der Waals surface area (Å²) in [5.74, 6) is -0.333. The molecule has 1 aromatic carbocycles. The molecule has 0 saturated carbocycles. The molecule has 0 aliphatic heterocycles. The number of nitrogens with zero attached hydrogens (tertiary/aromatic N) is 2. The molecule has 0 unspecified atom stereocenters. The summed E-state index contributed by atoms with van der Waals surface area (Å²) in [4.78, 5) is 29.8. The second-order valence-corrected chi connectivity index (χ2v) is 7.07. The van der Waals surface area contributed by atoms with Gasteiger partial charge >= 0.3 is 5.97 Å². The van der Waals surface area contributed by atoms with Gasteiger partial charge in [0.25, 0.3) is 5.56 Å². The van der Waals surface area contributed by atoms with Crippen molar-refractivity contribution in [2.45, 2.75) is 30.6 Å². The number of ether oxygens (including phenoxy) is 1. The minimum atomic E-state index is -0.342. The number of esters is 1. The Labute approximate surface area is 149 Å². The van der Waals surface area contributed by atoms with Crippen molar-refractivity contribution in [1.82, 2.24) is 9.38 Å². The molecule has 0 fully saturated rings. The second kappa shape index (κ2) is 7.53. The summed E-state index contributed by atoms with van der Waals surface area (Å²) in [6, 6.07) is 14.8. The lowest BCUT2D eigenvalue weighted by molar-refractivity contribution is -0.144. The summed E-state index contributed by atoms with van der Waals surface area (Å²) in [5, 5.41) is -0.342. The van der Waals surface area contributed by atoms with Crippen LogP contribution in [0.25, 0.3) is 5.65 Å². The number of aryl methyl sites for hydroxylation is 1. The molecular formula is C19H18N2O3S. The monoisotopic (exact) mass is 354 g/mol. The molecule has 3 aromatic rings. The fourth-order valence-electron chi connectivity index (χ4n) is 2.40. The molecule has 0 radical (unpaired) electrons. The lowest BCUT2D eigenvalue weighted by Crippen LogP contribution is -2.20. The van der Waals surface area contributed by atoms with Crippen LogP contribution in [0, 0.1) is 6.92 Å². The molecule has 25 heavy (non-hydrogen) atoms. The molecule has 0 amide bonds. The maximum absolute atomic E-state index is 12.2. The molecule has 2 heterocycles. The van der Waals surface area contributed by atoms with E-state index in [0.29, 0.717) is 11.3 Å². The number of fused-ring (bicyclic) bond motifs is 1. The average molecular weight is 354 g/mol. The molecule has 0 N–H and O–H groups in total. The van der Waals surface area contributed by atoms with Crippen LogP contribution in [0.1, 0.15) is 18.2 Å². The summed E-state index contributed by atoms with van der Waals surface area (Å²) >= 11 is 1.43. The normalized spacial score (nSPS) is 12.1. The molecule has 3 rings (SSSR count). The quantitative estimate of drug-likeness (QED) is 0.520. The number of thioether (sulfide) groups is 1. The molecule has 0 bridgehead atoms. The van der Waals surface area contributed by atoms with Crippen LogP contribution in [0.2, 0.25) is 0 Å². The van der Waals surface area contributed by atoms with Crippen LogP contribution in [-0.2, 0) is 16.1 Å². The number of hydrogen-bond acceptors (Lipinski definition) is 5. The van der Waals surface area contributed by atoms with Crippen LogP contribution in [0.15, 0.2) is 64.4 Å². The third kappa shape index (κ3) is 4.09. The van der Waals surface area contributed by atoms with E-state index in [1.165, 1.54) is 22.2 Å². The number of benzene rings is 1. The minimum absolute atomic E-state index is 0.0153. The van der Waals surface area contributed by atoms with E-state index in [2.05, 4.69) is 4.98 Å². The van der Waals surface area contributed by atoms with E-state index in [4.69, 9.17) is 4.74 Å². The van der Waals surface area contributed by atoms with Gasteiger partial charge in [-0.1, -0.05) is 24.3 Å². The van der Waals surface area contributed by atoms with Gasteiger partial charge in [-0.25, -0.2) is 4.98 Å². The number of carbonyl (C=O) groups is 1. The van der Waals surface area contributed by atoms with Gasteiger partial charge in [0, 0.05) is 17.2 Å². The molecule has 0 saturated heterocycles. The van der Waals surface area contributed by atoms with Crippen LogP contribution in [0.3, 0.4) is 0 Å². The zero-order chi connectivity index (χ0) is 17.8. The molecule has 128 valence electrons. The highest BCUT2D eigenvalue weighted by molar-refractivity contribution is 8.00. The molecule has 1 atom stereocenters. The van der Waals surface area contributed by atoms with Crippen molar-refractivity contribution < 1.29 is 9.53 Å². The third-order valence-electron chi connectivity index (χ3n) is 3.69. The molecular weight excluding hydrogens is 336 g/mol. The Balaban J connectivity index is 1.69. The maximum Gasteiger partial charge on any atom is 0.319 e. The van der Waals surface area contributed by atoms with Crippen LogP contribution in [0.4, 0.5) is 0 Å². The fourth-order valence-corrected chi connectivity index (χ4v) is 3.28. The van der Waals surface area contributed by atoms with Gasteiger partial charge in [0.2, 0.25) is 0 Å². The molecule has 0 aliphatic rings. The number of carbonyl (C=O) groups excluding carboxylic acids is 1. The van der Waals surface area contributed by atoms with E-state index in [0.717, 1.165) is 10.5 Å². The Bertz CT molecular complexity index is 954. The SMILES string of the molecule is Cc1cccn2c(=O)cc(COC(=O)[C@H](C)Sc3ccccc3)nc12. The number of hydrogen-bond donors (Lipinski definition) is 0. The zero-order valence-electron chi connectivity index (χ0n) is 14.0. The third-order valence-corrected chi connectivity index (χ3v) is 4.78. The van der Waals surface area contributed by atoms with Crippen LogP contribution in [-0.4, -0.2) is 20.6 Å². The molecule has 6 heteroatoms. The van der Waals surface area contributed by atoms with Crippen molar-refractivity contribution in [2.24, 2.45) is 0 Å². The molecule has 0 spiro atoms. The maximum atomic E-state index is 12.2. The lowest BCUT2D eigenvalue weighted by atomic mass is 10.3. The van der Waals surface area contributed by atoms with Crippen molar-refractivity contribution >= 4 is 23.4 Å². The summed E-state index contributed by atoms with van der Waals surface area (Å²) in [6.45, 7) is 3.67. The van der Waals surface area contributed by atoms with E-state index < -0.39 is 0 Å². The topological polar surface area (TPSA) is 60.7 Å². The summed E-state index contributed by atoms with van der Waals surface area (Å²) in [7, 11) is 0. The predicted octanol–water partition coefficient (Wildman–Crippen LogP) is 3.23. The van der Waals surface area contributed by atoms with Gasteiger partial charge in [-0.15, -0.1) is 11.8 Å². The second-order valence-electron chi connectivity index (χ2n) is 5.65. The number of aromatic nitrogens is 2. The van der Waals surface area contributed by atoms with Crippen molar-refractivity contribution in [3.63, 3.8) is 0 Å². The van der Waals surface area contributed by atoms with E-state index in [-0.39, 0.29) is 23.4 Å². The fraction of sp³-hybridized carbons (Fsp3) is 0.211. The standard InChI is InChI=1S/C19H18N2O3S/c1-13-7-6-10-21-17(22)11-15(20-18(13)21)12-24-19(23)14(2)25-16-8-4-3-5-9-16/h3-11,14H,12H2,1-2H3/t14-/m0/s1. The van der Waals surface area contributed by atoms with Gasteiger partial charge in [-0.3, -0.25) is 14.0 Å². The van der Waals surface area contributed by atoms with E-state index in [1.54, 1.807) is 19.2 Å². The zero-order valence-corrected chi connectivity index (χ0v) is 14.8. The first kappa shape index (κ1) is 17.2. The first-order valence-corrected chi connectivity index (χ1v) is 8.79. The summed E-state index contributed by atoms with van der Waals surface area (Å²) < 4.78 is 6.82. The van der Waals surface area contributed by atoms with Crippen LogP contribution in [0.5, 0.6) is 0 Å². The number of rotatable bonds is 5. The Hall–Kier alpha value is -2.60. The van der Waals surface area contributed by atoms with Crippen LogP contribution >= 0.6 is 11.8 Å². The first-order valence-electron chi connectivity index (χ1n) is 7.91. The smallest absolute Gasteiger partial charge is 0.319 e. The van der Waals surface area contributed by atoms with Gasteiger partial charge in [0.05, 0.1) is 5.69 Å². The Morgan fingerprint density at radius 1 is 1.24 bits per heavy atom. The van der Waals surface area contributed by atoms with E-state index >= 15 is 0 Å². The highest BCUT2D eigenvalue weighted by Gasteiger charge is 2.16. The van der Waals surface area contributed by atoms with Crippen molar-refractivity contribution in [1.29, 1.82) is 0 Å². The van der Waals surface area contributed by atoms with Gasteiger partial charge < -0.3 is 4.74 Å². The molecule has 2 aromatic heterocycles. The summed E-state index contributed by atoms with van der Waals surface area (Å²) in [5.41, 5.74) is 1.73. The predicted molar refractivity (Wildman–Crippen MR) is 97.8 cm³/mol. The first-order chi connectivity index (χ1) is 12.0. The van der Waals surface area contributed by atoms with Crippen molar-refractivity contribution in [3.8, 4) is 0 Å². The van der Waals surface area contributed by atoms with Gasteiger partial charge in [0.1, 0.15) is 17.5 Å². The largest absolute Gasteiger partial charge is 0.458 e. The van der Waals surface area contributed by atoms with Crippen molar-refractivity contribution in [3.05, 3.63) is 76.3 Å². The summed E-state index contributed by atoms with van der Waals surface area (Å²) in [6.07, 6.45) is 1.67. The van der Waals surface area contributed by atoms with Crippen molar-refractivity contribution in [2.75, 3.05) is 0 Å². The van der Waals surface area contributed by atoms with E-state index in [1.807, 2.05) is 43.3 Å². The van der Waals surface area contributed by atoms with Gasteiger partial charge in [-0.05, 0) is 37.6 Å². The Morgan fingerprint density at radius 2 is 2.00 bits per heavy atom. The highest BCUT2D eigenvalue weighted by Crippen LogP contribution is 2.23. The lowest BCUT2D eigenvalue weighted by Gasteiger charge is -2.11. The minimum Gasteiger partial charge on any atom is -0.458 e. The highest BCUT2D eigenvalue weighted by atomic mass is 32.2. The Kier molecular flexibility index (Phi) is 5.19. The number of pyridine rings is 1. The van der Waals surface area contributed by atoms with Crippen LogP contribution < -0.4 is 5.56 Å². The molecule has 0 aliphatic carbocycles. The Morgan fingerprint density at radius 3 is 2.76 bits per heavy atom. The average Bonchev–Trinajstić information content (AvgIpc) is 2.61. The van der Waals surface area contributed by atoms with E-state index in [9.17, 15) is 9.59 Å². The van der Waals surface area contributed by atoms with Gasteiger partial charge in [0.15, 0.2) is 0 Å². The molecule has 5 nitrogen and oxygen atoms in total.